The van der Waals surface area contributed by atoms with Crippen molar-refractivity contribution in [2.24, 2.45) is 5.41 Å². The van der Waals surface area contributed by atoms with Crippen molar-refractivity contribution in [3.05, 3.63) is 40.8 Å². The largest absolute Gasteiger partial charge is 0.383 e. The highest BCUT2D eigenvalue weighted by Crippen LogP contribution is 2.32. The van der Waals surface area contributed by atoms with Crippen molar-refractivity contribution < 1.29 is 19.1 Å². The highest BCUT2D eigenvalue weighted by molar-refractivity contribution is 7.19. The van der Waals surface area contributed by atoms with Crippen LogP contribution in [0, 0.1) is 11.2 Å². The quantitative estimate of drug-likeness (QED) is 0.495. The molecule has 8 nitrogen and oxygen atoms in total. The molecule has 3 heterocycles. The van der Waals surface area contributed by atoms with E-state index in [-0.39, 0.29) is 29.0 Å². The highest BCUT2D eigenvalue weighted by Gasteiger charge is 2.41. The molecule has 0 spiro atoms. The van der Waals surface area contributed by atoms with Gasteiger partial charge in [-0.15, -0.1) is 0 Å². The SMILES string of the molecule is CC(C)c1nc(-c2ccc(F)cc2)nc2sc(C(=O)N3CCN(C(=O)[C@H](O)CC(C)(C)C)CC3(C)C)nc12. The van der Waals surface area contributed by atoms with Crippen LogP contribution < -0.4 is 0 Å². The van der Waals surface area contributed by atoms with Crippen molar-refractivity contribution in [1.82, 2.24) is 24.8 Å². The summed E-state index contributed by atoms with van der Waals surface area (Å²) in [6, 6.07) is 6.01. The Morgan fingerprint density at radius 2 is 1.76 bits per heavy atom. The van der Waals surface area contributed by atoms with Gasteiger partial charge in [0.15, 0.2) is 10.8 Å². The van der Waals surface area contributed by atoms with Crippen LogP contribution in [0.3, 0.4) is 0 Å². The van der Waals surface area contributed by atoms with Gasteiger partial charge < -0.3 is 14.9 Å². The Balaban J connectivity index is 1.60. The van der Waals surface area contributed by atoms with E-state index in [9.17, 15) is 19.1 Å². The molecule has 3 aromatic rings. The topological polar surface area (TPSA) is 99.5 Å². The fraction of sp³-hybridized carbons (Fsp3) is 0.536. The van der Waals surface area contributed by atoms with Gasteiger partial charge in [-0.2, -0.15) is 0 Å². The molecule has 2 amide bonds. The number of amides is 2. The van der Waals surface area contributed by atoms with E-state index in [1.807, 2.05) is 48.5 Å². The maximum atomic E-state index is 13.7. The third-order valence-corrected chi connectivity index (χ3v) is 7.60. The van der Waals surface area contributed by atoms with E-state index in [2.05, 4.69) is 9.97 Å². The van der Waals surface area contributed by atoms with Gasteiger partial charge in [-0.3, -0.25) is 9.59 Å². The van der Waals surface area contributed by atoms with Gasteiger partial charge >= 0.3 is 0 Å². The third kappa shape index (κ3) is 5.86. The Morgan fingerprint density at radius 1 is 1.11 bits per heavy atom. The van der Waals surface area contributed by atoms with E-state index in [0.717, 1.165) is 5.69 Å². The summed E-state index contributed by atoms with van der Waals surface area (Å²) in [5.41, 5.74) is 1.18. The molecule has 1 fully saturated rings. The Kier molecular flexibility index (Phi) is 7.60. The summed E-state index contributed by atoms with van der Waals surface area (Å²) in [5.74, 6) is -0.360. The van der Waals surface area contributed by atoms with E-state index < -0.39 is 11.6 Å². The number of carbonyl (C=O) groups excluding carboxylic acids is 2. The number of halogens is 1. The second-order valence-corrected chi connectivity index (χ2v) is 13.1. The van der Waals surface area contributed by atoms with Gasteiger partial charge in [0, 0.05) is 25.2 Å². The van der Waals surface area contributed by atoms with Crippen molar-refractivity contribution in [2.45, 2.75) is 72.4 Å². The number of fused-ring (bicyclic) bond motifs is 1. The molecule has 38 heavy (non-hydrogen) atoms. The molecule has 2 aromatic heterocycles. The van der Waals surface area contributed by atoms with Crippen LogP contribution in [0.4, 0.5) is 4.39 Å². The van der Waals surface area contributed by atoms with Crippen molar-refractivity contribution in [3.63, 3.8) is 0 Å². The van der Waals surface area contributed by atoms with Crippen LogP contribution in [0.15, 0.2) is 24.3 Å². The molecular weight excluding hydrogens is 505 g/mol. The van der Waals surface area contributed by atoms with Crippen molar-refractivity contribution in [2.75, 3.05) is 19.6 Å². The molecule has 0 saturated carbocycles. The van der Waals surface area contributed by atoms with E-state index in [1.165, 1.54) is 23.5 Å². The van der Waals surface area contributed by atoms with Crippen LogP contribution in [-0.4, -0.2) is 72.9 Å². The second-order valence-electron chi connectivity index (χ2n) is 12.1. The number of aliphatic hydroxyl groups is 1. The number of aliphatic hydroxyl groups excluding tert-OH is 1. The normalized spacial score (nSPS) is 16.8. The minimum Gasteiger partial charge on any atom is -0.383 e. The fourth-order valence-corrected chi connectivity index (χ4v) is 5.67. The number of benzene rings is 1. The minimum absolute atomic E-state index is 0.0373. The molecule has 0 aliphatic carbocycles. The average molecular weight is 542 g/mol. The molecule has 0 radical (unpaired) electrons. The zero-order valence-corrected chi connectivity index (χ0v) is 23.9. The van der Waals surface area contributed by atoms with Crippen molar-refractivity contribution in [1.29, 1.82) is 0 Å². The van der Waals surface area contributed by atoms with Crippen LogP contribution in [0.2, 0.25) is 0 Å². The highest BCUT2D eigenvalue weighted by atomic mass is 32.1. The summed E-state index contributed by atoms with van der Waals surface area (Å²) in [5, 5.41) is 10.8. The first kappa shape index (κ1) is 28.0. The first-order chi connectivity index (χ1) is 17.7. The Bertz CT molecular complexity index is 1350. The van der Waals surface area contributed by atoms with Crippen LogP contribution >= 0.6 is 11.3 Å². The molecule has 1 N–H and O–H groups in total. The van der Waals surface area contributed by atoms with Gasteiger partial charge in [-0.25, -0.2) is 19.3 Å². The van der Waals surface area contributed by atoms with Gasteiger partial charge in [0.05, 0.1) is 11.2 Å². The minimum atomic E-state index is -1.07. The van der Waals surface area contributed by atoms with E-state index >= 15 is 0 Å². The first-order valence-corrected chi connectivity index (χ1v) is 13.7. The summed E-state index contributed by atoms with van der Waals surface area (Å²) in [4.78, 5) is 44.6. The molecule has 1 aromatic carbocycles. The van der Waals surface area contributed by atoms with Crippen molar-refractivity contribution in [3.8, 4) is 11.4 Å². The summed E-state index contributed by atoms with van der Waals surface area (Å²) < 4.78 is 13.4. The Labute approximate surface area is 226 Å². The smallest absolute Gasteiger partial charge is 0.283 e. The summed E-state index contributed by atoms with van der Waals surface area (Å²) in [6.07, 6.45) is -0.698. The lowest BCUT2D eigenvalue weighted by atomic mass is 9.88. The third-order valence-electron chi connectivity index (χ3n) is 6.67. The zero-order valence-electron chi connectivity index (χ0n) is 23.1. The van der Waals surface area contributed by atoms with Gasteiger partial charge in [0.2, 0.25) is 0 Å². The molecule has 0 unspecified atom stereocenters. The lowest BCUT2D eigenvalue weighted by Gasteiger charge is -2.47. The van der Waals surface area contributed by atoms with E-state index in [1.54, 1.807) is 21.9 Å². The number of carbonyl (C=O) groups is 2. The summed E-state index contributed by atoms with van der Waals surface area (Å²) in [7, 11) is 0. The van der Waals surface area contributed by atoms with Crippen LogP contribution in [0.1, 0.15) is 76.3 Å². The molecule has 204 valence electrons. The second kappa shape index (κ2) is 10.3. The van der Waals surface area contributed by atoms with Crippen LogP contribution in [-0.2, 0) is 4.79 Å². The van der Waals surface area contributed by atoms with Crippen LogP contribution in [0.25, 0.3) is 21.7 Å². The number of nitrogens with zero attached hydrogens (tertiary/aromatic N) is 5. The molecule has 4 rings (SSSR count). The lowest BCUT2D eigenvalue weighted by molar-refractivity contribution is -0.145. The molecular formula is C28H36FN5O3S. The predicted molar refractivity (Wildman–Crippen MR) is 146 cm³/mol. The summed E-state index contributed by atoms with van der Waals surface area (Å²) in [6.45, 7) is 14.8. The maximum absolute atomic E-state index is 13.7. The van der Waals surface area contributed by atoms with Gasteiger partial charge in [0.25, 0.3) is 11.8 Å². The van der Waals surface area contributed by atoms with Gasteiger partial charge in [-0.05, 0) is 55.9 Å². The monoisotopic (exact) mass is 541 g/mol. The number of hydrogen-bond donors (Lipinski definition) is 1. The van der Waals surface area contributed by atoms with Crippen molar-refractivity contribution >= 4 is 33.5 Å². The number of hydrogen-bond acceptors (Lipinski definition) is 7. The fourth-order valence-electron chi connectivity index (χ4n) is 4.78. The Hall–Kier alpha value is -2.98. The standard InChI is InChI=1S/C28H36FN5O3S/c1-16(2)20-21-23(32-22(30-20)17-8-10-18(29)11-9-17)38-24(31-21)26(37)34-13-12-33(15-28(34,6)7)25(36)19(35)14-27(3,4)5/h8-11,16,19,35H,12-15H2,1-7H3/t19-/m1/s1. The average Bonchev–Trinajstić information content (AvgIpc) is 3.25. The Morgan fingerprint density at radius 3 is 2.34 bits per heavy atom. The number of aromatic nitrogens is 3. The molecule has 10 heteroatoms. The molecule has 0 bridgehead atoms. The first-order valence-electron chi connectivity index (χ1n) is 12.9. The lowest BCUT2D eigenvalue weighted by Crippen LogP contribution is -2.63. The molecule has 1 aliphatic heterocycles. The van der Waals surface area contributed by atoms with Gasteiger partial charge in [-0.1, -0.05) is 46.0 Å². The van der Waals surface area contributed by atoms with Crippen LogP contribution in [0.5, 0.6) is 0 Å². The zero-order chi connectivity index (χ0) is 28.0. The molecule has 1 aliphatic rings. The number of thiazole rings is 1. The van der Waals surface area contributed by atoms with Gasteiger partial charge in [0.1, 0.15) is 22.3 Å². The number of piperazine rings is 1. The summed E-state index contributed by atoms with van der Waals surface area (Å²) >= 11 is 1.21. The predicted octanol–water partition coefficient (Wildman–Crippen LogP) is 4.88. The molecule has 1 atom stereocenters. The molecule has 1 saturated heterocycles. The van der Waals surface area contributed by atoms with E-state index in [4.69, 9.17) is 4.98 Å². The van der Waals surface area contributed by atoms with E-state index in [0.29, 0.717) is 52.8 Å². The maximum Gasteiger partial charge on any atom is 0.283 e. The number of rotatable bonds is 5.